The Bertz CT molecular complexity index is 397. The minimum absolute atomic E-state index is 0.0352. The molecule has 0 aromatic heterocycles. The van der Waals surface area contributed by atoms with Gasteiger partial charge >= 0.3 is 0 Å². The smallest absolute Gasteiger partial charge is 0.141 e. The van der Waals surface area contributed by atoms with Crippen LogP contribution in [0, 0.1) is 0 Å². The SMILES string of the molecule is C=CC(C(C)=O)c1ccc(OCC(O)CO)cc1. The second-order valence-electron chi connectivity index (χ2n) is 4.04. The van der Waals surface area contributed by atoms with Gasteiger partial charge in [-0.15, -0.1) is 6.58 Å². The lowest BCUT2D eigenvalue weighted by Crippen LogP contribution is -2.21. The minimum Gasteiger partial charge on any atom is -0.491 e. The van der Waals surface area contributed by atoms with Gasteiger partial charge < -0.3 is 14.9 Å². The Balaban J connectivity index is 2.67. The van der Waals surface area contributed by atoms with Gasteiger partial charge in [0.2, 0.25) is 0 Å². The molecule has 0 bridgehead atoms. The number of Topliss-reactive ketones (excluding diaryl/α,β-unsaturated/α-hetero) is 1. The quantitative estimate of drug-likeness (QED) is 0.715. The minimum atomic E-state index is -0.886. The molecule has 2 unspecified atom stereocenters. The van der Waals surface area contributed by atoms with Gasteiger partial charge in [-0.3, -0.25) is 4.79 Å². The van der Waals surface area contributed by atoms with Gasteiger partial charge in [-0.25, -0.2) is 0 Å². The molecule has 1 aromatic carbocycles. The predicted molar refractivity (Wildman–Crippen MR) is 68.6 cm³/mol. The molecule has 0 aliphatic heterocycles. The summed E-state index contributed by atoms with van der Waals surface area (Å²) in [6.07, 6.45) is 0.719. The summed E-state index contributed by atoms with van der Waals surface area (Å²) in [5.74, 6) is 0.314. The van der Waals surface area contributed by atoms with Gasteiger partial charge in [-0.05, 0) is 24.6 Å². The summed E-state index contributed by atoms with van der Waals surface area (Å²) in [7, 11) is 0. The highest BCUT2D eigenvalue weighted by Crippen LogP contribution is 2.21. The van der Waals surface area contributed by atoms with Crippen LogP contribution in [0.25, 0.3) is 0 Å². The second-order valence-corrected chi connectivity index (χ2v) is 4.04. The Kier molecular flexibility index (Phi) is 5.55. The summed E-state index contributed by atoms with van der Waals surface area (Å²) in [6, 6.07) is 7.01. The number of aliphatic hydroxyl groups is 2. The first-order valence-corrected chi connectivity index (χ1v) is 5.73. The van der Waals surface area contributed by atoms with Crippen molar-refractivity contribution in [2.45, 2.75) is 18.9 Å². The molecule has 4 heteroatoms. The fourth-order valence-corrected chi connectivity index (χ4v) is 1.55. The van der Waals surface area contributed by atoms with Gasteiger partial charge in [-0.2, -0.15) is 0 Å². The predicted octanol–water partition coefficient (Wildman–Crippen LogP) is 1.28. The Hall–Kier alpha value is -1.65. The van der Waals surface area contributed by atoms with Crippen LogP contribution in [0.5, 0.6) is 5.75 Å². The first-order valence-electron chi connectivity index (χ1n) is 5.73. The summed E-state index contributed by atoms with van der Waals surface area (Å²) < 4.78 is 5.27. The fraction of sp³-hybridized carbons (Fsp3) is 0.357. The molecule has 1 aromatic rings. The zero-order valence-electron chi connectivity index (χ0n) is 10.4. The third-order valence-corrected chi connectivity index (χ3v) is 2.57. The normalized spacial score (nSPS) is 13.7. The van der Waals surface area contributed by atoms with E-state index >= 15 is 0 Å². The molecule has 98 valence electrons. The molecule has 2 N–H and O–H groups in total. The van der Waals surface area contributed by atoms with Crippen LogP contribution in [0.15, 0.2) is 36.9 Å². The van der Waals surface area contributed by atoms with Crippen LogP contribution in [-0.2, 0) is 4.79 Å². The Morgan fingerprint density at radius 2 is 2.06 bits per heavy atom. The lowest BCUT2D eigenvalue weighted by Gasteiger charge is -2.12. The molecule has 0 spiro atoms. The summed E-state index contributed by atoms with van der Waals surface area (Å²) in [5, 5.41) is 17.8. The van der Waals surface area contributed by atoms with E-state index in [1.807, 2.05) is 0 Å². The molecule has 18 heavy (non-hydrogen) atoms. The number of carbonyl (C=O) groups excluding carboxylic acids is 1. The van der Waals surface area contributed by atoms with Gasteiger partial charge in [0.15, 0.2) is 0 Å². The Morgan fingerprint density at radius 3 is 2.50 bits per heavy atom. The van der Waals surface area contributed by atoms with Crippen molar-refractivity contribution in [3.05, 3.63) is 42.5 Å². The number of aliphatic hydroxyl groups excluding tert-OH is 2. The van der Waals surface area contributed by atoms with Gasteiger partial charge in [0, 0.05) is 0 Å². The molecule has 4 nitrogen and oxygen atoms in total. The Morgan fingerprint density at radius 1 is 1.44 bits per heavy atom. The maximum atomic E-state index is 11.4. The zero-order chi connectivity index (χ0) is 13.5. The van der Waals surface area contributed by atoms with Gasteiger partial charge in [0.05, 0.1) is 12.5 Å². The lowest BCUT2D eigenvalue weighted by atomic mass is 9.96. The number of hydrogen-bond acceptors (Lipinski definition) is 4. The van der Waals surface area contributed by atoms with Crippen molar-refractivity contribution in [2.24, 2.45) is 0 Å². The van der Waals surface area contributed by atoms with Crippen molar-refractivity contribution in [3.8, 4) is 5.75 Å². The van der Waals surface area contributed by atoms with Crippen molar-refractivity contribution >= 4 is 5.78 Å². The van der Waals surface area contributed by atoms with Gasteiger partial charge in [0.1, 0.15) is 24.2 Å². The average Bonchev–Trinajstić information content (AvgIpc) is 2.37. The number of ether oxygens (including phenoxy) is 1. The largest absolute Gasteiger partial charge is 0.491 e. The van der Waals surface area contributed by atoms with Crippen LogP contribution in [0.4, 0.5) is 0 Å². The molecule has 0 aliphatic rings. The van der Waals surface area contributed by atoms with Crippen LogP contribution in [0.3, 0.4) is 0 Å². The van der Waals surface area contributed by atoms with Crippen molar-refractivity contribution in [3.63, 3.8) is 0 Å². The molecular formula is C14H18O4. The lowest BCUT2D eigenvalue weighted by molar-refractivity contribution is -0.117. The van der Waals surface area contributed by atoms with E-state index in [-0.39, 0.29) is 24.9 Å². The molecule has 1 rings (SSSR count). The van der Waals surface area contributed by atoms with Gasteiger partial charge in [0.25, 0.3) is 0 Å². The van der Waals surface area contributed by atoms with E-state index in [4.69, 9.17) is 14.9 Å². The van der Waals surface area contributed by atoms with E-state index in [2.05, 4.69) is 6.58 Å². The number of hydrogen-bond donors (Lipinski definition) is 2. The molecule has 0 saturated heterocycles. The molecular weight excluding hydrogens is 232 g/mol. The number of rotatable bonds is 7. The van der Waals surface area contributed by atoms with Crippen LogP contribution < -0.4 is 4.74 Å². The van der Waals surface area contributed by atoms with Crippen molar-refractivity contribution in [2.75, 3.05) is 13.2 Å². The molecule has 2 atom stereocenters. The third kappa shape index (κ3) is 3.98. The van der Waals surface area contributed by atoms with Gasteiger partial charge in [-0.1, -0.05) is 18.2 Å². The number of allylic oxidation sites excluding steroid dienone is 1. The van der Waals surface area contributed by atoms with E-state index < -0.39 is 6.10 Å². The molecule has 0 aliphatic carbocycles. The highest BCUT2D eigenvalue weighted by atomic mass is 16.5. The van der Waals surface area contributed by atoms with E-state index in [1.54, 1.807) is 30.3 Å². The molecule has 0 heterocycles. The topological polar surface area (TPSA) is 66.8 Å². The van der Waals surface area contributed by atoms with Crippen LogP contribution in [0.1, 0.15) is 18.4 Å². The van der Waals surface area contributed by atoms with E-state index in [0.717, 1.165) is 5.56 Å². The standard InChI is InChI=1S/C14H18O4/c1-3-14(10(2)16)11-4-6-13(7-5-11)18-9-12(17)8-15/h3-7,12,14-15,17H,1,8-9H2,2H3. The molecule has 0 fully saturated rings. The molecule has 0 radical (unpaired) electrons. The molecule has 0 saturated carbocycles. The second kappa shape index (κ2) is 6.93. The number of benzene rings is 1. The van der Waals surface area contributed by atoms with Crippen molar-refractivity contribution in [1.29, 1.82) is 0 Å². The van der Waals surface area contributed by atoms with E-state index in [1.165, 1.54) is 6.92 Å². The van der Waals surface area contributed by atoms with Crippen LogP contribution in [0.2, 0.25) is 0 Å². The maximum Gasteiger partial charge on any atom is 0.141 e. The summed E-state index contributed by atoms with van der Waals surface area (Å²) >= 11 is 0. The summed E-state index contributed by atoms with van der Waals surface area (Å²) in [6.45, 7) is 4.86. The number of carbonyl (C=O) groups is 1. The van der Waals surface area contributed by atoms with E-state index in [0.29, 0.717) is 5.75 Å². The summed E-state index contributed by atoms with van der Waals surface area (Å²) in [5.41, 5.74) is 0.854. The van der Waals surface area contributed by atoms with Crippen molar-refractivity contribution < 1.29 is 19.7 Å². The fourth-order valence-electron chi connectivity index (χ4n) is 1.55. The van der Waals surface area contributed by atoms with Crippen LogP contribution >= 0.6 is 0 Å². The first kappa shape index (κ1) is 14.4. The van der Waals surface area contributed by atoms with Crippen LogP contribution in [-0.4, -0.2) is 35.3 Å². The Labute approximate surface area is 107 Å². The highest BCUT2D eigenvalue weighted by molar-refractivity contribution is 5.85. The third-order valence-electron chi connectivity index (χ3n) is 2.57. The van der Waals surface area contributed by atoms with E-state index in [9.17, 15) is 4.79 Å². The highest BCUT2D eigenvalue weighted by Gasteiger charge is 2.12. The summed E-state index contributed by atoms with van der Waals surface area (Å²) in [4.78, 5) is 11.4. The average molecular weight is 250 g/mol. The monoisotopic (exact) mass is 250 g/mol. The first-order chi connectivity index (χ1) is 8.58. The molecule has 0 amide bonds. The zero-order valence-corrected chi connectivity index (χ0v) is 10.4. The maximum absolute atomic E-state index is 11.4. The van der Waals surface area contributed by atoms with Crippen molar-refractivity contribution in [1.82, 2.24) is 0 Å². The number of ketones is 1.